The number of nitrogens with zero attached hydrogens (tertiary/aromatic N) is 4. The quantitative estimate of drug-likeness (QED) is 0.0987. The van der Waals surface area contributed by atoms with Gasteiger partial charge in [0.1, 0.15) is 23.7 Å². The van der Waals surface area contributed by atoms with Crippen molar-refractivity contribution in [1.29, 1.82) is 0 Å². The Bertz CT molecular complexity index is 2200. The molecule has 0 saturated carbocycles. The van der Waals surface area contributed by atoms with E-state index in [4.69, 9.17) is 9.47 Å². The van der Waals surface area contributed by atoms with Crippen LogP contribution in [0.3, 0.4) is 0 Å². The van der Waals surface area contributed by atoms with Crippen molar-refractivity contribution in [3.05, 3.63) is 57.6 Å². The number of ether oxygens (including phenoxy) is 2. The number of esters is 2. The maximum Gasteiger partial charge on any atom is 0.324 e. The highest BCUT2D eigenvalue weighted by Gasteiger charge is 2.57. The molecule has 2 aromatic carbocycles. The molecule has 0 aromatic heterocycles. The van der Waals surface area contributed by atoms with Gasteiger partial charge in [-0.15, -0.1) is 0 Å². The molecule has 0 unspecified atom stereocenters. The fourth-order valence-corrected chi connectivity index (χ4v) is 13.4. The van der Waals surface area contributed by atoms with Crippen molar-refractivity contribution in [2.24, 2.45) is 5.41 Å². The van der Waals surface area contributed by atoms with Crippen LogP contribution in [-0.2, 0) is 53.6 Å². The van der Waals surface area contributed by atoms with Crippen LogP contribution in [0.25, 0.3) is 0 Å². The number of aromatic hydroxyl groups is 2. The van der Waals surface area contributed by atoms with Crippen LogP contribution in [0, 0.1) is 5.41 Å². The Labute approximate surface area is 493 Å². The molecule has 0 spiro atoms. The van der Waals surface area contributed by atoms with Crippen molar-refractivity contribution in [3.63, 3.8) is 0 Å². The standard InChI is InChI=1S/C69H116N4O8/c1-25-29-33-70(34-30-26-2)59(78)72-65(17,18)43-49(44-66(72,19)20)80-57(76)69(41-47-37-51(61(5,6)7)55(74)52(38-47)62(8,9)10,42-48-39-53(63(11,12)13)56(75)54(40-48)64(14,15)16)58(77)81-50-45-67(21,22)73(68(23,24)46-50)60(79)71(35-31-27-3)36-32-28-4/h37-40,49-50,74-75H,25-36,41-46H2,1-24H3. The molecule has 2 N–H and O–H groups in total. The van der Waals surface area contributed by atoms with E-state index in [1.165, 1.54) is 0 Å². The molecule has 0 atom stereocenters. The summed E-state index contributed by atoms with van der Waals surface area (Å²) in [5.41, 5.74) is -3.06. The third-order valence-electron chi connectivity index (χ3n) is 17.3. The zero-order valence-corrected chi connectivity index (χ0v) is 55.8. The molecule has 460 valence electrons. The lowest BCUT2D eigenvalue weighted by molar-refractivity contribution is -0.186. The molecule has 4 amide bonds. The van der Waals surface area contributed by atoms with E-state index in [-0.39, 0.29) is 36.4 Å². The van der Waals surface area contributed by atoms with Crippen LogP contribution >= 0.6 is 0 Å². The van der Waals surface area contributed by atoms with Crippen LogP contribution in [-0.4, -0.2) is 114 Å². The lowest BCUT2D eigenvalue weighted by Gasteiger charge is -2.56. The summed E-state index contributed by atoms with van der Waals surface area (Å²) in [4.78, 5) is 70.8. The normalized spacial score (nSPS) is 17.9. The van der Waals surface area contributed by atoms with Gasteiger partial charge in [0.05, 0.1) is 0 Å². The van der Waals surface area contributed by atoms with Crippen LogP contribution < -0.4 is 0 Å². The van der Waals surface area contributed by atoms with E-state index in [0.29, 0.717) is 85.2 Å². The summed E-state index contributed by atoms with van der Waals surface area (Å²) in [5.74, 6) is -1.09. The number of phenols is 2. The van der Waals surface area contributed by atoms with Crippen LogP contribution in [0.15, 0.2) is 24.3 Å². The first-order chi connectivity index (χ1) is 36.9. The number of hydrogen-bond donors (Lipinski definition) is 2. The van der Waals surface area contributed by atoms with E-state index in [1.807, 2.05) is 127 Å². The van der Waals surface area contributed by atoms with E-state index >= 15 is 9.59 Å². The Morgan fingerprint density at radius 2 is 0.679 bits per heavy atom. The zero-order valence-electron chi connectivity index (χ0n) is 55.8. The Morgan fingerprint density at radius 1 is 0.457 bits per heavy atom. The van der Waals surface area contributed by atoms with Gasteiger partial charge < -0.3 is 39.3 Å². The molecule has 12 heteroatoms. The number of amides is 4. The van der Waals surface area contributed by atoms with Crippen LogP contribution in [0.1, 0.15) is 277 Å². The molecule has 2 heterocycles. The fraction of sp³-hybridized carbons (Fsp3) is 0.768. The fourth-order valence-electron chi connectivity index (χ4n) is 13.4. The largest absolute Gasteiger partial charge is 0.507 e. The van der Waals surface area contributed by atoms with Gasteiger partial charge >= 0.3 is 24.0 Å². The summed E-state index contributed by atoms with van der Waals surface area (Å²) in [7, 11) is 0. The molecule has 0 bridgehead atoms. The molecule has 2 aliphatic rings. The molecule has 4 rings (SSSR count). The number of rotatable bonds is 20. The number of hydrogen-bond acceptors (Lipinski definition) is 8. The van der Waals surface area contributed by atoms with Gasteiger partial charge in [-0.25, -0.2) is 9.59 Å². The average Bonchev–Trinajstić information content (AvgIpc) is 3.30. The predicted octanol–water partition coefficient (Wildman–Crippen LogP) is 16.2. The van der Waals surface area contributed by atoms with Crippen molar-refractivity contribution < 1.29 is 38.9 Å². The first kappa shape index (κ1) is 69.0. The maximum absolute atomic E-state index is 16.5. The first-order valence-electron chi connectivity index (χ1n) is 31.3. The number of likely N-dealkylation sites (tertiary alicyclic amines) is 2. The molecular weight excluding hydrogens is 1010 g/mol. The van der Waals surface area contributed by atoms with Gasteiger partial charge in [-0.3, -0.25) is 9.59 Å². The van der Waals surface area contributed by atoms with Crippen LogP contribution in [0.2, 0.25) is 0 Å². The van der Waals surface area contributed by atoms with E-state index in [2.05, 4.69) is 83.1 Å². The lowest BCUT2D eigenvalue weighted by Crippen LogP contribution is -2.67. The minimum atomic E-state index is -2.03. The molecule has 12 nitrogen and oxygen atoms in total. The Kier molecular flexibility index (Phi) is 22.0. The minimum Gasteiger partial charge on any atom is -0.507 e. The summed E-state index contributed by atoms with van der Waals surface area (Å²) >= 11 is 0. The molecule has 81 heavy (non-hydrogen) atoms. The third kappa shape index (κ3) is 16.5. The van der Waals surface area contributed by atoms with Crippen molar-refractivity contribution >= 4 is 24.0 Å². The predicted molar refractivity (Wildman–Crippen MR) is 333 cm³/mol. The molecule has 2 aliphatic heterocycles. The Balaban J connectivity index is 2.07. The second-order valence-electron chi connectivity index (χ2n) is 31.3. The summed E-state index contributed by atoms with van der Waals surface area (Å²) in [5, 5.41) is 24.2. The highest BCUT2D eigenvalue weighted by molar-refractivity contribution is 6.01. The molecule has 2 fully saturated rings. The molecular formula is C69H116N4O8. The smallest absolute Gasteiger partial charge is 0.324 e. The SMILES string of the molecule is CCCCN(CCCC)C(=O)N1C(C)(C)CC(OC(=O)C(Cc2cc(C(C)(C)C)c(O)c(C(C)(C)C)c2)(Cc2cc(C(C)(C)C)c(O)c(C(C)(C)C)c2)C(=O)OC2CC(C)(C)N(C(=O)N(CCCC)CCCC)C(C)(C)C2)CC1(C)C. The topological polar surface area (TPSA) is 140 Å². The van der Waals surface area contributed by atoms with Crippen LogP contribution in [0.5, 0.6) is 11.5 Å². The monoisotopic (exact) mass is 1130 g/mol. The van der Waals surface area contributed by atoms with E-state index in [9.17, 15) is 19.8 Å². The second-order valence-corrected chi connectivity index (χ2v) is 31.3. The highest BCUT2D eigenvalue weighted by Crippen LogP contribution is 2.48. The van der Waals surface area contributed by atoms with Gasteiger partial charge in [-0.05, 0) is 149 Å². The zero-order chi connectivity index (χ0) is 61.9. The van der Waals surface area contributed by atoms with Crippen molar-refractivity contribution in [3.8, 4) is 11.5 Å². The van der Waals surface area contributed by atoms with Crippen molar-refractivity contribution in [1.82, 2.24) is 19.6 Å². The van der Waals surface area contributed by atoms with Gasteiger partial charge in [-0.2, -0.15) is 0 Å². The number of piperidine rings is 2. The van der Waals surface area contributed by atoms with Gasteiger partial charge in [0.25, 0.3) is 0 Å². The summed E-state index contributed by atoms with van der Waals surface area (Å²) in [6.07, 6.45) is 7.15. The highest BCUT2D eigenvalue weighted by atomic mass is 16.6. The molecule has 2 saturated heterocycles. The number of phenolic OH excluding ortho intramolecular Hbond substituents is 2. The first-order valence-corrected chi connectivity index (χ1v) is 31.3. The summed E-state index contributed by atoms with van der Waals surface area (Å²) in [6.45, 7) is 52.2. The third-order valence-corrected chi connectivity index (χ3v) is 17.3. The Morgan fingerprint density at radius 3 is 0.877 bits per heavy atom. The Hall–Kier alpha value is -4.48. The minimum absolute atomic E-state index is 0.0175. The van der Waals surface area contributed by atoms with E-state index < -0.39 is 73.4 Å². The number of urea groups is 2. The number of carbonyl (C=O) groups excluding carboxylic acids is 4. The molecule has 0 radical (unpaired) electrons. The molecule has 0 aliphatic carbocycles. The number of carbonyl (C=O) groups is 4. The van der Waals surface area contributed by atoms with Crippen molar-refractivity contribution in [2.75, 3.05) is 26.2 Å². The molecule has 2 aromatic rings. The summed E-state index contributed by atoms with van der Waals surface area (Å²) in [6, 6.07) is 7.73. The van der Waals surface area contributed by atoms with Gasteiger partial charge in [-0.1, -0.05) is 161 Å². The van der Waals surface area contributed by atoms with Crippen LogP contribution in [0.4, 0.5) is 9.59 Å². The number of benzene rings is 2. The van der Waals surface area contributed by atoms with E-state index in [0.717, 1.165) is 51.4 Å². The lowest BCUT2D eigenvalue weighted by atomic mass is 9.71. The van der Waals surface area contributed by atoms with E-state index in [1.54, 1.807) is 0 Å². The van der Waals surface area contributed by atoms with Crippen molar-refractivity contribution in [2.45, 2.75) is 312 Å². The maximum atomic E-state index is 16.5. The number of unbranched alkanes of at least 4 members (excludes halogenated alkanes) is 4. The summed E-state index contributed by atoms with van der Waals surface area (Å²) < 4.78 is 14.0. The van der Waals surface area contributed by atoms with Gasteiger partial charge in [0, 0.05) is 74.0 Å². The van der Waals surface area contributed by atoms with Gasteiger partial charge in [0.15, 0.2) is 5.41 Å². The van der Waals surface area contributed by atoms with Gasteiger partial charge in [0.2, 0.25) is 0 Å². The second kappa shape index (κ2) is 25.8. The average molecular weight is 1130 g/mol.